The molecule has 0 amide bonds. The highest BCUT2D eigenvalue weighted by Gasteiger charge is 2.12. The minimum atomic E-state index is -0.989. The fraction of sp³-hybridized carbons (Fsp3) is 0.222. The molecule has 0 bridgehead atoms. The van der Waals surface area contributed by atoms with E-state index >= 15 is 0 Å². The van der Waals surface area contributed by atoms with Gasteiger partial charge in [-0.05, 0) is 22.0 Å². The molecule has 2 N–H and O–H groups in total. The zero-order chi connectivity index (χ0) is 10.7. The average molecular weight is 261 g/mol. The summed E-state index contributed by atoms with van der Waals surface area (Å²) < 4.78 is 5.31. The van der Waals surface area contributed by atoms with Gasteiger partial charge in [-0.15, -0.1) is 0 Å². The lowest BCUT2D eigenvalue weighted by molar-refractivity contribution is -0.136. The summed E-state index contributed by atoms with van der Waals surface area (Å²) in [6, 6.07) is 3.12. The van der Waals surface area contributed by atoms with Gasteiger partial charge in [0.25, 0.3) is 0 Å². The number of carboxylic acid groups (broad SMARTS) is 1. The molecule has 0 saturated carbocycles. The van der Waals surface area contributed by atoms with Gasteiger partial charge in [-0.2, -0.15) is 0 Å². The molecule has 0 fully saturated rings. The van der Waals surface area contributed by atoms with E-state index in [2.05, 4.69) is 15.9 Å². The predicted octanol–water partition coefficient (Wildman–Crippen LogP) is 1.79. The molecule has 5 heteroatoms. The first-order valence-electron chi connectivity index (χ1n) is 3.82. The Kier molecular flexibility index (Phi) is 3.35. The van der Waals surface area contributed by atoms with E-state index in [1.54, 1.807) is 6.07 Å². The Balaban J connectivity index is 3.10. The first-order chi connectivity index (χ1) is 6.56. The van der Waals surface area contributed by atoms with E-state index in [1.165, 1.54) is 13.2 Å². The lowest BCUT2D eigenvalue weighted by Crippen LogP contribution is -2.00. The van der Waals surface area contributed by atoms with Gasteiger partial charge in [-0.25, -0.2) is 0 Å². The van der Waals surface area contributed by atoms with Crippen molar-refractivity contribution in [1.29, 1.82) is 0 Å². The van der Waals surface area contributed by atoms with Crippen molar-refractivity contribution in [1.82, 2.24) is 0 Å². The molecule has 0 saturated heterocycles. The van der Waals surface area contributed by atoms with Gasteiger partial charge in [0.15, 0.2) is 0 Å². The zero-order valence-electron chi connectivity index (χ0n) is 7.45. The lowest BCUT2D eigenvalue weighted by Gasteiger charge is -2.08. The van der Waals surface area contributed by atoms with Gasteiger partial charge in [-0.3, -0.25) is 4.79 Å². The summed E-state index contributed by atoms with van der Waals surface area (Å²) in [5.41, 5.74) is 0.352. The number of aliphatic carboxylic acids is 1. The molecule has 0 unspecified atom stereocenters. The third-order valence-corrected chi connectivity index (χ3v) is 2.49. The van der Waals surface area contributed by atoms with Gasteiger partial charge >= 0.3 is 5.97 Å². The predicted molar refractivity (Wildman–Crippen MR) is 53.7 cm³/mol. The van der Waals surface area contributed by atoms with Crippen molar-refractivity contribution in [3.63, 3.8) is 0 Å². The summed E-state index contributed by atoms with van der Waals surface area (Å²) >= 11 is 3.11. The fourth-order valence-electron chi connectivity index (χ4n) is 1.05. The number of phenols is 1. The number of aromatic hydroxyl groups is 1. The van der Waals surface area contributed by atoms with Crippen LogP contribution < -0.4 is 4.74 Å². The van der Waals surface area contributed by atoms with E-state index in [9.17, 15) is 9.90 Å². The second-order valence-electron chi connectivity index (χ2n) is 2.66. The molecule has 76 valence electrons. The molecule has 1 aromatic carbocycles. The third-order valence-electron chi connectivity index (χ3n) is 1.73. The Bertz CT molecular complexity index is 362. The number of carbonyl (C=O) groups is 1. The van der Waals surface area contributed by atoms with Gasteiger partial charge in [0.05, 0.1) is 13.5 Å². The van der Waals surface area contributed by atoms with E-state index in [0.717, 1.165) is 0 Å². The SMILES string of the molecule is COc1ccc(CC(=O)O)c(O)c1Br. The van der Waals surface area contributed by atoms with Crippen LogP contribution in [0, 0.1) is 0 Å². The molecule has 0 radical (unpaired) electrons. The highest BCUT2D eigenvalue weighted by atomic mass is 79.9. The van der Waals surface area contributed by atoms with Crippen LogP contribution in [0.4, 0.5) is 0 Å². The van der Waals surface area contributed by atoms with E-state index in [-0.39, 0.29) is 12.2 Å². The minimum absolute atomic E-state index is 0.0910. The van der Waals surface area contributed by atoms with Crippen LogP contribution in [0.25, 0.3) is 0 Å². The standard InChI is InChI=1S/C9H9BrO4/c1-14-6-3-2-5(4-7(11)12)9(13)8(6)10/h2-3,13H,4H2,1H3,(H,11,12). The summed E-state index contributed by atoms with van der Waals surface area (Å²) in [5.74, 6) is -0.610. The maximum Gasteiger partial charge on any atom is 0.307 e. The maximum atomic E-state index is 10.4. The molecular weight excluding hydrogens is 252 g/mol. The second-order valence-corrected chi connectivity index (χ2v) is 3.45. The van der Waals surface area contributed by atoms with Crippen molar-refractivity contribution >= 4 is 21.9 Å². The molecule has 14 heavy (non-hydrogen) atoms. The van der Waals surface area contributed by atoms with Crippen molar-refractivity contribution in [3.8, 4) is 11.5 Å². The molecule has 4 nitrogen and oxygen atoms in total. The number of benzene rings is 1. The average Bonchev–Trinajstić information content (AvgIpc) is 2.13. The molecule has 1 aromatic rings. The Morgan fingerprint density at radius 2 is 2.21 bits per heavy atom. The van der Waals surface area contributed by atoms with Gasteiger partial charge in [0.1, 0.15) is 16.0 Å². The van der Waals surface area contributed by atoms with Crippen LogP contribution in [0.1, 0.15) is 5.56 Å². The lowest BCUT2D eigenvalue weighted by atomic mass is 10.1. The van der Waals surface area contributed by atoms with Crippen LogP contribution >= 0.6 is 15.9 Å². The summed E-state index contributed by atoms with van der Waals surface area (Å²) in [5, 5.41) is 18.1. The van der Waals surface area contributed by atoms with Gasteiger partial charge in [0.2, 0.25) is 0 Å². The molecule has 1 rings (SSSR count). The van der Waals surface area contributed by atoms with Crippen LogP contribution in [-0.2, 0) is 11.2 Å². The molecule has 0 aliphatic rings. The molecule has 0 aromatic heterocycles. The molecule has 0 spiro atoms. The number of hydrogen-bond donors (Lipinski definition) is 2. The highest BCUT2D eigenvalue weighted by molar-refractivity contribution is 9.10. The smallest absolute Gasteiger partial charge is 0.307 e. The number of carboxylic acids is 1. The van der Waals surface area contributed by atoms with Crippen LogP contribution in [-0.4, -0.2) is 23.3 Å². The highest BCUT2D eigenvalue weighted by Crippen LogP contribution is 2.36. The molecule has 0 aliphatic heterocycles. The van der Waals surface area contributed by atoms with E-state index in [1.807, 2.05) is 0 Å². The van der Waals surface area contributed by atoms with Gasteiger partial charge < -0.3 is 14.9 Å². The van der Waals surface area contributed by atoms with Crippen molar-refractivity contribution < 1.29 is 19.7 Å². The van der Waals surface area contributed by atoms with Gasteiger partial charge in [0, 0.05) is 5.56 Å². The van der Waals surface area contributed by atoms with Crippen molar-refractivity contribution in [2.24, 2.45) is 0 Å². The van der Waals surface area contributed by atoms with Crippen LogP contribution in [0.3, 0.4) is 0 Å². The Morgan fingerprint density at radius 3 is 2.71 bits per heavy atom. The first kappa shape index (κ1) is 10.8. The summed E-state index contributed by atoms with van der Waals surface area (Å²) in [7, 11) is 1.47. The number of phenolic OH excluding ortho intramolecular Hbond substituents is 1. The fourth-order valence-corrected chi connectivity index (χ4v) is 1.60. The summed E-state index contributed by atoms with van der Waals surface area (Å²) in [6.07, 6.45) is -0.214. The van der Waals surface area contributed by atoms with E-state index in [4.69, 9.17) is 9.84 Å². The topological polar surface area (TPSA) is 66.8 Å². The normalized spacial score (nSPS) is 9.86. The van der Waals surface area contributed by atoms with Crippen LogP contribution in [0.5, 0.6) is 11.5 Å². The number of rotatable bonds is 3. The Labute approximate surface area is 89.3 Å². The summed E-state index contributed by atoms with van der Waals surface area (Å²) in [4.78, 5) is 10.4. The number of halogens is 1. The van der Waals surface area contributed by atoms with Gasteiger partial charge in [-0.1, -0.05) is 6.07 Å². The zero-order valence-corrected chi connectivity index (χ0v) is 9.04. The minimum Gasteiger partial charge on any atom is -0.506 e. The van der Waals surface area contributed by atoms with Crippen LogP contribution in [0.15, 0.2) is 16.6 Å². The van der Waals surface area contributed by atoms with E-state index < -0.39 is 5.97 Å². The largest absolute Gasteiger partial charge is 0.506 e. The second kappa shape index (κ2) is 4.32. The van der Waals surface area contributed by atoms with E-state index in [0.29, 0.717) is 15.8 Å². The quantitative estimate of drug-likeness (QED) is 0.870. The van der Waals surface area contributed by atoms with Crippen LogP contribution in [0.2, 0.25) is 0 Å². The summed E-state index contributed by atoms with van der Waals surface area (Å²) in [6.45, 7) is 0. The van der Waals surface area contributed by atoms with Crippen molar-refractivity contribution in [2.45, 2.75) is 6.42 Å². The Morgan fingerprint density at radius 1 is 1.57 bits per heavy atom. The van der Waals surface area contributed by atoms with Crippen molar-refractivity contribution in [3.05, 3.63) is 22.2 Å². The molecule has 0 heterocycles. The maximum absolute atomic E-state index is 10.4. The number of hydrogen-bond acceptors (Lipinski definition) is 3. The molecule has 0 aliphatic carbocycles. The molecule has 0 atom stereocenters. The Hall–Kier alpha value is -1.23. The number of methoxy groups -OCH3 is 1. The number of ether oxygens (including phenoxy) is 1. The molecular formula is C9H9BrO4. The third kappa shape index (κ3) is 2.17. The van der Waals surface area contributed by atoms with Crippen molar-refractivity contribution in [2.75, 3.05) is 7.11 Å². The first-order valence-corrected chi connectivity index (χ1v) is 4.61. The monoisotopic (exact) mass is 260 g/mol.